The Morgan fingerprint density at radius 3 is 2.41 bits per heavy atom. The first kappa shape index (κ1) is 14.9. The predicted molar refractivity (Wildman–Crippen MR) is 87.9 cm³/mol. The van der Waals surface area contributed by atoms with Crippen LogP contribution in [0.1, 0.15) is 11.3 Å². The SMILES string of the molecule is Cc1ccc(S(=O)(=O)Nc2cc(Cl)c3oc(C)cc3c2)cc1. The summed E-state index contributed by atoms with van der Waals surface area (Å²) in [5, 5.41) is 1.12. The fraction of sp³-hybridized carbons (Fsp3) is 0.125. The number of nitrogens with one attached hydrogen (secondary N) is 1. The standard InChI is InChI=1S/C16H14ClNO3S/c1-10-3-5-14(6-4-10)22(19,20)18-13-8-12-7-11(2)21-16(12)15(17)9-13/h3-9,18H,1-2H3. The van der Waals surface area contributed by atoms with E-state index < -0.39 is 10.0 Å². The summed E-state index contributed by atoms with van der Waals surface area (Å²) in [5.41, 5.74) is 1.95. The number of furan rings is 1. The van der Waals surface area contributed by atoms with Crippen molar-refractivity contribution in [3.63, 3.8) is 0 Å². The van der Waals surface area contributed by atoms with Crippen LogP contribution in [0, 0.1) is 13.8 Å². The summed E-state index contributed by atoms with van der Waals surface area (Å²) in [5.74, 6) is 0.718. The minimum Gasteiger partial charge on any atom is -0.460 e. The molecule has 1 heterocycles. The Hall–Kier alpha value is -1.98. The molecule has 0 amide bonds. The van der Waals surface area contributed by atoms with Crippen molar-refractivity contribution in [2.45, 2.75) is 18.7 Å². The highest BCUT2D eigenvalue weighted by Gasteiger charge is 2.15. The smallest absolute Gasteiger partial charge is 0.261 e. The number of fused-ring (bicyclic) bond motifs is 1. The zero-order valence-corrected chi connectivity index (χ0v) is 13.6. The molecule has 2 aromatic carbocycles. The van der Waals surface area contributed by atoms with Crippen LogP contribution in [0.2, 0.25) is 5.02 Å². The Labute approximate surface area is 133 Å². The summed E-state index contributed by atoms with van der Waals surface area (Å²) in [4.78, 5) is 0.206. The number of hydrogen-bond acceptors (Lipinski definition) is 3. The quantitative estimate of drug-likeness (QED) is 0.766. The molecule has 0 bridgehead atoms. The summed E-state index contributed by atoms with van der Waals surface area (Å²) >= 11 is 6.14. The maximum Gasteiger partial charge on any atom is 0.261 e. The lowest BCUT2D eigenvalue weighted by Gasteiger charge is -2.09. The van der Waals surface area contributed by atoms with Crippen LogP contribution in [0.5, 0.6) is 0 Å². The molecule has 1 N–H and O–H groups in total. The van der Waals surface area contributed by atoms with E-state index in [1.54, 1.807) is 36.4 Å². The van der Waals surface area contributed by atoms with Crippen molar-refractivity contribution >= 4 is 38.3 Å². The lowest BCUT2D eigenvalue weighted by atomic mass is 10.2. The fourth-order valence-corrected chi connectivity index (χ4v) is 3.54. The maximum absolute atomic E-state index is 12.4. The third kappa shape index (κ3) is 2.82. The van der Waals surface area contributed by atoms with Crippen molar-refractivity contribution in [3.05, 3.63) is 58.8 Å². The second-order valence-corrected chi connectivity index (χ2v) is 7.24. The summed E-state index contributed by atoms with van der Waals surface area (Å²) in [6, 6.07) is 11.7. The summed E-state index contributed by atoms with van der Waals surface area (Å²) in [7, 11) is -3.65. The van der Waals surface area contributed by atoms with Crippen molar-refractivity contribution in [3.8, 4) is 0 Å². The highest BCUT2D eigenvalue weighted by Crippen LogP contribution is 2.31. The number of anilines is 1. The van der Waals surface area contributed by atoms with E-state index in [9.17, 15) is 8.42 Å². The molecule has 1 aromatic heterocycles. The minimum absolute atomic E-state index is 0.206. The van der Waals surface area contributed by atoms with E-state index in [2.05, 4.69) is 4.72 Å². The minimum atomic E-state index is -3.65. The number of aryl methyl sites for hydroxylation is 2. The van der Waals surface area contributed by atoms with Gasteiger partial charge in [0.25, 0.3) is 10.0 Å². The van der Waals surface area contributed by atoms with Gasteiger partial charge >= 0.3 is 0 Å². The molecule has 0 aliphatic heterocycles. The largest absolute Gasteiger partial charge is 0.460 e. The maximum atomic E-state index is 12.4. The van der Waals surface area contributed by atoms with Gasteiger partial charge in [0.05, 0.1) is 15.6 Å². The second-order valence-electron chi connectivity index (χ2n) is 5.15. The van der Waals surface area contributed by atoms with E-state index in [1.165, 1.54) is 0 Å². The third-order valence-electron chi connectivity index (χ3n) is 3.28. The van der Waals surface area contributed by atoms with Gasteiger partial charge in [-0.3, -0.25) is 4.72 Å². The average molecular weight is 336 g/mol. The van der Waals surface area contributed by atoms with Gasteiger partial charge < -0.3 is 4.42 Å². The Balaban J connectivity index is 2.00. The number of halogens is 1. The molecule has 114 valence electrons. The van der Waals surface area contributed by atoms with Gasteiger partial charge in [0.2, 0.25) is 0 Å². The fourth-order valence-electron chi connectivity index (χ4n) is 2.23. The first-order valence-electron chi connectivity index (χ1n) is 6.64. The lowest BCUT2D eigenvalue weighted by Crippen LogP contribution is -2.12. The Morgan fingerprint density at radius 1 is 1.05 bits per heavy atom. The molecule has 0 unspecified atom stereocenters. The Morgan fingerprint density at radius 2 is 1.73 bits per heavy atom. The van der Waals surface area contributed by atoms with Crippen LogP contribution < -0.4 is 4.72 Å². The zero-order valence-electron chi connectivity index (χ0n) is 12.1. The Kier molecular flexibility index (Phi) is 3.62. The van der Waals surface area contributed by atoms with Crippen molar-refractivity contribution in [1.29, 1.82) is 0 Å². The summed E-state index contributed by atoms with van der Waals surface area (Å²) < 4.78 is 32.8. The molecule has 0 aliphatic carbocycles. The normalized spacial score (nSPS) is 11.8. The van der Waals surface area contributed by atoms with Crippen molar-refractivity contribution in [2.24, 2.45) is 0 Å². The molecule has 6 heteroatoms. The highest BCUT2D eigenvalue weighted by atomic mass is 35.5. The van der Waals surface area contributed by atoms with Gasteiger partial charge in [-0.1, -0.05) is 29.3 Å². The molecule has 3 rings (SSSR count). The molecular weight excluding hydrogens is 322 g/mol. The van der Waals surface area contributed by atoms with Gasteiger partial charge in [0.15, 0.2) is 5.58 Å². The van der Waals surface area contributed by atoms with Gasteiger partial charge in [0, 0.05) is 5.39 Å². The van der Waals surface area contributed by atoms with Gasteiger partial charge in [0.1, 0.15) is 5.76 Å². The number of sulfonamides is 1. The number of hydrogen-bond donors (Lipinski definition) is 1. The van der Waals surface area contributed by atoms with Gasteiger partial charge in [-0.15, -0.1) is 0 Å². The first-order valence-corrected chi connectivity index (χ1v) is 8.50. The predicted octanol–water partition coefficient (Wildman–Crippen LogP) is 4.50. The monoisotopic (exact) mass is 335 g/mol. The van der Waals surface area contributed by atoms with Crippen LogP contribution >= 0.6 is 11.6 Å². The van der Waals surface area contributed by atoms with Gasteiger partial charge in [-0.25, -0.2) is 8.42 Å². The Bertz CT molecular complexity index is 943. The molecule has 0 saturated heterocycles. The molecule has 0 atom stereocenters. The summed E-state index contributed by atoms with van der Waals surface area (Å²) in [6.45, 7) is 3.71. The zero-order chi connectivity index (χ0) is 15.9. The average Bonchev–Trinajstić information content (AvgIpc) is 2.80. The van der Waals surface area contributed by atoms with Crippen molar-refractivity contribution in [1.82, 2.24) is 0 Å². The molecule has 0 fully saturated rings. The van der Waals surface area contributed by atoms with E-state index >= 15 is 0 Å². The molecule has 3 aromatic rings. The van der Waals surface area contributed by atoms with E-state index in [0.717, 1.165) is 16.7 Å². The summed E-state index contributed by atoms with van der Waals surface area (Å²) in [6.07, 6.45) is 0. The number of rotatable bonds is 3. The molecule has 22 heavy (non-hydrogen) atoms. The molecule has 0 aliphatic rings. The van der Waals surface area contributed by atoms with Crippen LogP contribution in [0.25, 0.3) is 11.0 Å². The van der Waals surface area contributed by atoms with Crippen molar-refractivity contribution in [2.75, 3.05) is 4.72 Å². The number of benzene rings is 2. The van der Waals surface area contributed by atoms with Crippen LogP contribution in [-0.2, 0) is 10.0 Å². The van der Waals surface area contributed by atoms with E-state index in [0.29, 0.717) is 16.3 Å². The third-order valence-corrected chi connectivity index (χ3v) is 4.96. The molecule has 4 nitrogen and oxygen atoms in total. The topological polar surface area (TPSA) is 59.3 Å². The molecule has 0 saturated carbocycles. The lowest BCUT2D eigenvalue weighted by molar-refractivity contribution is 0.578. The first-order chi connectivity index (χ1) is 10.3. The van der Waals surface area contributed by atoms with Crippen LogP contribution in [0.4, 0.5) is 5.69 Å². The van der Waals surface area contributed by atoms with Crippen LogP contribution in [-0.4, -0.2) is 8.42 Å². The van der Waals surface area contributed by atoms with E-state index in [4.69, 9.17) is 16.0 Å². The van der Waals surface area contributed by atoms with Crippen LogP contribution in [0.15, 0.2) is 51.8 Å². The van der Waals surface area contributed by atoms with Gasteiger partial charge in [-0.2, -0.15) is 0 Å². The molecule has 0 spiro atoms. The van der Waals surface area contributed by atoms with E-state index in [1.807, 2.05) is 19.9 Å². The molecule has 0 radical (unpaired) electrons. The molecular formula is C16H14ClNO3S. The van der Waals surface area contributed by atoms with Gasteiger partial charge in [-0.05, 0) is 44.2 Å². The highest BCUT2D eigenvalue weighted by molar-refractivity contribution is 7.92. The van der Waals surface area contributed by atoms with Crippen molar-refractivity contribution < 1.29 is 12.8 Å². The second kappa shape index (κ2) is 5.34. The van der Waals surface area contributed by atoms with Crippen LogP contribution in [0.3, 0.4) is 0 Å². The van der Waals surface area contributed by atoms with E-state index in [-0.39, 0.29) is 4.90 Å².